The van der Waals surface area contributed by atoms with Crippen molar-refractivity contribution in [2.75, 3.05) is 13.2 Å². The van der Waals surface area contributed by atoms with Gasteiger partial charge in [-0.1, -0.05) is 39.5 Å². The molecule has 46 heavy (non-hydrogen) atoms. The van der Waals surface area contributed by atoms with Crippen molar-refractivity contribution in [3.05, 3.63) is 78.5 Å². The molecule has 10 nitrogen and oxygen atoms in total. The molecule has 0 aliphatic heterocycles. The zero-order valence-electron chi connectivity index (χ0n) is 27.0. The second kappa shape index (κ2) is 15.6. The van der Waals surface area contributed by atoms with Crippen LogP contribution in [0.1, 0.15) is 85.8 Å². The van der Waals surface area contributed by atoms with Gasteiger partial charge in [-0.2, -0.15) is 0 Å². The molecule has 0 unspecified atom stereocenters. The predicted octanol–water partition coefficient (Wildman–Crippen LogP) is 6.69. The highest BCUT2D eigenvalue weighted by Crippen LogP contribution is 2.34. The Bertz CT molecular complexity index is 1850. The normalized spacial score (nSPS) is 11.3. The number of aliphatic carboxylic acids is 2. The van der Waals surface area contributed by atoms with Crippen LogP contribution >= 0.6 is 0 Å². The fraction of sp³-hybridized carbons (Fsp3) is 0.444. The van der Waals surface area contributed by atoms with Crippen molar-refractivity contribution in [3.63, 3.8) is 0 Å². The van der Waals surface area contributed by atoms with Gasteiger partial charge >= 0.3 is 23.2 Å². The number of carbonyl (C=O) groups is 2. The van der Waals surface area contributed by atoms with E-state index in [-0.39, 0.29) is 29.6 Å². The summed E-state index contributed by atoms with van der Waals surface area (Å²) < 4.78 is 23.6. The van der Waals surface area contributed by atoms with Gasteiger partial charge in [0.25, 0.3) is 0 Å². The van der Waals surface area contributed by atoms with Gasteiger partial charge in [-0.3, -0.25) is 9.59 Å². The van der Waals surface area contributed by atoms with E-state index in [0.29, 0.717) is 63.3 Å². The van der Waals surface area contributed by atoms with Gasteiger partial charge < -0.3 is 28.5 Å². The molecular formula is C36H42O10. The second-order valence-corrected chi connectivity index (χ2v) is 11.6. The van der Waals surface area contributed by atoms with Gasteiger partial charge in [0.15, 0.2) is 0 Å². The van der Waals surface area contributed by atoms with Crippen LogP contribution in [-0.2, 0) is 35.3 Å². The molecule has 10 heteroatoms. The SMILES string of the molecule is CCCCCCOc1ccc2c(C)c(CC(=O)O)c(=O)oc2c1CCc1c(CC(=O)O)c(=O)oc2c(C)c(OCCCC)ccc12. The first-order valence-electron chi connectivity index (χ1n) is 15.9. The molecule has 2 aromatic heterocycles. The summed E-state index contributed by atoms with van der Waals surface area (Å²) in [6.45, 7) is 8.63. The van der Waals surface area contributed by atoms with Crippen LogP contribution in [0.2, 0.25) is 0 Å². The minimum Gasteiger partial charge on any atom is -0.493 e. The first-order valence-corrected chi connectivity index (χ1v) is 15.9. The van der Waals surface area contributed by atoms with Crippen molar-refractivity contribution in [3.8, 4) is 11.5 Å². The van der Waals surface area contributed by atoms with E-state index in [1.165, 1.54) is 0 Å². The Morgan fingerprint density at radius 1 is 0.630 bits per heavy atom. The summed E-state index contributed by atoms with van der Waals surface area (Å²) >= 11 is 0. The molecule has 4 aromatic rings. The summed E-state index contributed by atoms with van der Waals surface area (Å²) in [6, 6.07) is 7.13. The molecule has 0 spiro atoms. The monoisotopic (exact) mass is 634 g/mol. The lowest BCUT2D eigenvalue weighted by Gasteiger charge is -2.17. The van der Waals surface area contributed by atoms with Gasteiger partial charge in [-0.05, 0) is 74.9 Å². The Labute approximate surface area is 266 Å². The smallest absolute Gasteiger partial charge is 0.340 e. The van der Waals surface area contributed by atoms with Gasteiger partial charge in [0.2, 0.25) is 0 Å². The highest BCUT2D eigenvalue weighted by atomic mass is 16.5. The van der Waals surface area contributed by atoms with Crippen LogP contribution in [0.25, 0.3) is 21.9 Å². The maximum atomic E-state index is 13.2. The van der Waals surface area contributed by atoms with Gasteiger partial charge in [-0.25, -0.2) is 9.59 Å². The van der Waals surface area contributed by atoms with Gasteiger partial charge in [-0.15, -0.1) is 0 Å². The van der Waals surface area contributed by atoms with E-state index in [4.69, 9.17) is 18.3 Å². The summed E-state index contributed by atoms with van der Waals surface area (Å²) in [5.74, 6) is -1.22. The topological polar surface area (TPSA) is 153 Å². The Morgan fingerprint density at radius 2 is 1.20 bits per heavy atom. The fourth-order valence-electron chi connectivity index (χ4n) is 5.76. The molecule has 2 heterocycles. The number of carboxylic acids is 2. The van der Waals surface area contributed by atoms with Crippen LogP contribution in [0.4, 0.5) is 0 Å². The Morgan fingerprint density at radius 3 is 1.89 bits per heavy atom. The van der Waals surface area contributed by atoms with Crippen molar-refractivity contribution in [1.29, 1.82) is 0 Å². The third-order valence-electron chi connectivity index (χ3n) is 8.29. The highest BCUT2D eigenvalue weighted by molar-refractivity contribution is 5.88. The molecule has 0 radical (unpaired) electrons. The van der Waals surface area contributed by atoms with Crippen molar-refractivity contribution in [1.82, 2.24) is 0 Å². The van der Waals surface area contributed by atoms with E-state index in [0.717, 1.165) is 38.5 Å². The number of hydrogen-bond donors (Lipinski definition) is 2. The van der Waals surface area contributed by atoms with Crippen LogP contribution in [0.15, 0.2) is 42.7 Å². The lowest BCUT2D eigenvalue weighted by atomic mass is 9.93. The number of aryl methyl sites for hydroxylation is 4. The van der Waals surface area contributed by atoms with E-state index >= 15 is 0 Å². The van der Waals surface area contributed by atoms with Crippen LogP contribution < -0.4 is 20.7 Å². The van der Waals surface area contributed by atoms with Crippen molar-refractivity contribution in [2.24, 2.45) is 0 Å². The minimum absolute atomic E-state index is 0.0442. The lowest BCUT2D eigenvalue weighted by Crippen LogP contribution is -2.18. The molecule has 4 rings (SSSR count). The average Bonchev–Trinajstić information content (AvgIpc) is 3.00. The summed E-state index contributed by atoms with van der Waals surface area (Å²) in [7, 11) is 0. The summed E-state index contributed by atoms with van der Waals surface area (Å²) in [6.07, 6.45) is 5.28. The van der Waals surface area contributed by atoms with Crippen molar-refractivity contribution >= 4 is 33.9 Å². The van der Waals surface area contributed by atoms with Crippen LogP contribution in [0.5, 0.6) is 11.5 Å². The third kappa shape index (κ3) is 7.78. The largest absolute Gasteiger partial charge is 0.493 e. The Hall–Kier alpha value is -4.60. The quantitative estimate of drug-likeness (QED) is 0.0948. The van der Waals surface area contributed by atoms with Crippen molar-refractivity contribution < 1.29 is 38.1 Å². The Balaban J connectivity index is 1.84. The van der Waals surface area contributed by atoms with E-state index < -0.39 is 36.0 Å². The Kier molecular flexibility index (Phi) is 11.6. The number of ether oxygens (including phenoxy) is 2. The molecule has 0 aliphatic carbocycles. The molecule has 0 amide bonds. The molecule has 2 N–H and O–H groups in total. The number of hydrogen-bond acceptors (Lipinski definition) is 8. The molecule has 0 saturated carbocycles. The molecule has 0 fully saturated rings. The van der Waals surface area contributed by atoms with Crippen LogP contribution in [0, 0.1) is 13.8 Å². The minimum atomic E-state index is -1.17. The maximum absolute atomic E-state index is 13.2. The van der Waals surface area contributed by atoms with Crippen LogP contribution in [-0.4, -0.2) is 35.4 Å². The number of carboxylic acid groups (broad SMARTS) is 2. The van der Waals surface area contributed by atoms with Crippen LogP contribution in [0.3, 0.4) is 0 Å². The first kappa shape index (κ1) is 34.3. The van der Waals surface area contributed by atoms with Gasteiger partial charge in [0.05, 0.1) is 37.2 Å². The van der Waals surface area contributed by atoms with Crippen molar-refractivity contribution in [2.45, 2.75) is 91.9 Å². The summed E-state index contributed by atoms with van der Waals surface area (Å²) in [5, 5.41) is 20.2. The molecule has 246 valence electrons. The zero-order valence-corrected chi connectivity index (χ0v) is 27.0. The van der Waals surface area contributed by atoms with E-state index in [2.05, 4.69) is 13.8 Å². The average molecular weight is 635 g/mol. The fourth-order valence-corrected chi connectivity index (χ4v) is 5.76. The third-order valence-corrected chi connectivity index (χ3v) is 8.29. The number of fused-ring (bicyclic) bond motifs is 2. The number of benzene rings is 2. The molecule has 0 atom stereocenters. The molecule has 0 aliphatic rings. The standard InChI is InChI=1S/C36H42O10/c1-5-7-9-10-18-44-30-16-13-23-21(3)27(19-31(37)38)35(41)46-34(23)26(30)12-11-24-25-14-15-29(43-17-8-6-2)22(4)33(25)45-36(42)28(24)20-32(39)40/h13-16H,5-12,17-20H2,1-4H3,(H,37,38)(H,39,40). The summed E-state index contributed by atoms with van der Waals surface area (Å²) in [4.78, 5) is 49.6. The van der Waals surface area contributed by atoms with Gasteiger partial charge in [0, 0.05) is 21.9 Å². The van der Waals surface area contributed by atoms with E-state index in [1.54, 1.807) is 38.1 Å². The maximum Gasteiger partial charge on any atom is 0.340 e. The van der Waals surface area contributed by atoms with Gasteiger partial charge in [0.1, 0.15) is 22.7 Å². The summed E-state index contributed by atoms with van der Waals surface area (Å²) in [5.41, 5.74) is 1.49. The molecule has 0 saturated heterocycles. The van der Waals surface area contributed by atoms with E-state index in [9.17, 15) is 29.4 Å². The lowest BCUT2D eigenvalue weighted by molar-refractivity contribution is -0.137. The molecule has 0 bridgehead atoms. The van der Waals surface area contributed by atoms with E-state index in [1.807, 2.05) is 0 Å². The predicted molar refractivity (Wildman–Crippen MR) is 175 cm³/mol. The second-order valence-electron chi connectivity index (χ2n) is 11.6. The molecular weight excluding hydrogens is 592 g/mol. The molecule has 2 aromatic carbocycles. The number of unbranched alkanes of at least 4 members (excludes halogenated alkanes) is 4. The highest BCUT2D eigenvalue weighted by Gasteiger charge is 2.23. The zero-order chi connectivity index (χ0) is 33.4. The first-order chi connectivity index (χ1) is 22.1. The number of rotatable bonds is 17.